The van der Waals surface area contributed by atoms with E-state index < -0.39 is 0 Å². The Morgan fingerprint density at radius 2 is 2.11 bits per heavy atom. The maximum absolute atomic E-state index is 4.19. The van der Waals surface area contributed by atoms with Crippen molar-refractivity contribution in [2.75, 3.05) is 0 Å². The molecule has 0 saturated carbocycles. The molecule has 0 aliphatic carbocycles. The van der Waals surface area contributed by atoms with E-state index in [1.165, 1.54) is 9.65 Å². The molecule has 1 nitrogen and oxygen atoms in total. The molecule has 0 fully saturated rings. The summed E-state index contributed by atoms with van der Waals surface area (Å²) in [7, 11) is 0. The Kier molecular flexibility index (Phi) is 1.15. The van der Waals surface area contributed by atoms with Crippen molar-refractivity contribution in [2.45, 2.75) is 0 Å². The molecule has 2 heteroatoms. The number of benzene rings is 1. The van der Waals surface area contributed by atoms with Crippen LogP contribution in [0.15, 0.2) is 30.5 Å². The van der Waals surface area contributed by atoms with Crippen LogP contribution in [-0.4, -0.2) is 18.7 Å². The Labute approximate surface area is 59.3 Å². The molecular weight excluding hydrogens is 177 g/mol. The second-order valence-corrected chi connectivity index (χ2v) is 3.61. The van der Waals surface area contributed by atoms with Gasteiger partial charge in [0.25, 0.3) is 0 Å². The van der Waals surface area contributed by atoms with Gasteiger partial charge in [0.1, 0.15) is 0 Å². The molecule has 2 rings (SSSR count). The average molecular weight is 182 g/mol. The van der Waals surface area contributed by atoms with Crippen molar-refractivity contribution in [1.29, 1.82) is 0 Å². The summed E-state index contributed by atoms with van der Waals surface area (Å²) in [5.74, 6) is 0. The molecule has 0 spiro atoms. The second-order valence-electron chi connectivity index (χ2n) is 1.86. The molecular formula is C7H5NSe. The molecule has 44 valence electrons. The third-order valence-electron chi connectivity index (χ3n) is 1.26. The van der Waals surface area contributed by atoms with E-state index >= 15 is 0 Å². The number of hydrogen-bond donors (Lipinski definition) is 0. The first-order valence-electron chi connectivity index (χ1n) is 2.76. The fourth-order valence-electron chi connectivity index (χ4n) is 0.810. The first-order chi connectivity index (χ1) is 4.47. The minimum atomic E-state index is 0.372. The molecule has 0 radical (unpaired) electrons. The first kappa shape index (κ1) is 5.21. The van der Waals surface area contributed by atoms with Gasteiger partial charge in [0.2, 0.25) is 0 Å². The van der Waals surface area contributed by atoms with Gasteiger partial charge in [-0.1, -0.05) is 0 Å². The minimum absolute atomic E-state index is 0.372. The topological polar surface area (TPSA) is 12.9 Å². The van der Waals surface area contributed by atoms with Crippen molar-refractivity contribution < 1.29 is 0 Å². The van der Waals surface area contributed by atoms with Crippen LogP contribution in [-0.2, 0) is 0 Å². The molecule has 2 aromatic rings. The van der Waals surface area contributed by atoms with Gasteiger partial charge < -0.3 is 0 Å². The van der Waals surface area contributed by atoms with E-state index in [4.69, 9.17) is 0 Å². The molecule has 1 aromatic heterocycles. The zero-order valence-electron chi connectivity index (χ0n) is 4.74. The van der Waals surface area contributed by atoms with Crippen molar-refractivity contribution in [3.05, 3.63) is 30.5 Å². The van der Waals surface area contributed by atoms with Crippen molar-refractivity contribution in [3.8, 4) is 0 Å². The van der Waals surface area contributed by atoms with Gasteiger partial charge in [-0.05, 0) is 0 Å². The zero-order chi connectivity index (χ0) is 6.10. The second kappa shape index (κ2) is 1.98. The first-order valence-corrected chi connectivity index (χ1v) is 4.38. The number of rotatable bonds is 0. The average Bonchev–Trinajstić information content (AvgIpc) is 2.33. The van der Waals surface area contributed by atoms with Crippen LogP contribution in [0.25, 0.3) is 9.65 Å². The van der Waals surface area contributed by atoms with Gasteiger partial charge in [-0.3, -0.25) is 0 Å². The molecule has 1 aromatic carbocycles. The maximum atomic E-state index is 4.19. The Bertz CT molecular complexity index is 283. The monoisotopic (exact) mass is 183 g/mol. The van der Waals surface area contributed by atoms with E-state index in [-0.39, 0.29) is 0 Å². The number of aromatic nitrogens is 1. The van der Waals surface area contributed by atoms with Crippen LogP contribution in [0, 0.1) is 0 Å². The third kappa shape index (κ3) is 0.805. The van der Waals surface area contributed by atoms with Gasteiger partial charge in [-0.25, -0.2) is 0 Å². The summed E-state index contributed by atoms with van der Waals surface area (Å²) in [6.07, 6.45) is 1.95. The van der Waals surface area contributed by atoms with Crippen LogP contribution < -0.4 is 0 Å². The summed E-state index contributed by atoms with van der Waals surface area (Å²) in [6, 6.07) is 8.36. The third-order valence-corrected chi connectivity index (χ3v) is 2.90. The molecule has 0 bridgehead atoms. The van der Waals surface area contributed by atoms with Crippen LogP contribution >= 0.6 is 0 Å². The van der Waals surface area contributed by atoms with E-state index in [9.17, 15) is 0 Å². The van der Waals surface area contributed by atoms with Crippen LogP contribution in [0.3, 0.4) is 0 Å². The molecule has 0 atom stereocenters. The normalized spacial score (nSPS) is 10.2. The van der Waals surface area contributed by atoms with Gasteiger partial charge in [-0.15, -0.1) is 0 Å². The summed E-state index contributed by atoms with van der Waals surface area (Å²) in [5, 5.41) is 1.30. The van der Waals surface area contributed by atoms with E-state index in [0.717, 1.165) is 0 Å². The molecule has 0 aliphatic rings. The fraction of sp³-hybridized carbons (Fsp3) is 0. The summed E-state index contributed by atoms with van der Waals surface area (Å²) in [6.45, 7) is 0. The van der Waals surface area contributed by atoms with Crippen LogP contribution in [0.2, 0.25) is 0 Å². The van der Waals surface area contributed by atoms with Crippen molar-refractivity contribution in [3.63, 3.8) is 0 Å². The molecule has 0 N–H and O–H groups in total. The fourth-order valence-corrected chi connectivity index (χ4v) is 2.16. The van der Waals surface area contributed by atoms with Gasteiger partial charge in [0.15, 0.2) is 0 Å². The zero-order valence-corrected chi connectivity index (χ0v) is 6.46. The van der Waals surface area contributed by atoms with Gasteiger partial charge in [0, 0.05) is 0 Å². The Hall–Kier alpha value is -0.591. The quantitative estimate of drug-likeness (QED) is 0.559. The van der Waals surface area contributed by atoms with Crippen molar-refractivity contribution in [1.82, 2.24) is 3.98 Å². The number of nitrogens with zero attached hydrogens (tertiary/aromatic N) is 1. The molecule has 0 unspecified atom stereocenters. The van der Waals surface area contributed by atoms with Gasteiger partial charge in [-0.2, -0.15) is 0 Å². The summed E-state index contributed by atoms with van der Waals surface area (Å²) in [5.41, 5.74) is 0. The summed E-state index contributed by atoms with van der Waals surface area (Å²) >= 11 is 0.372. The van der Waals surface area contributed by atoms with Crippen LogP contribution in [0.1, 0.15) is 0 Å². The predicted octanol–water partition coefficient (Wildman–Crippen LogP) is 1.29. The Morgan fingerprint density at radius 1 is 1.22 bits per heavy atom. The molecule has 0 saturated heterocycles. The summed E-state index contributed by atoms with van der Waals surface area (Å²) < 4.78 is 5.60. The molecule has 1 heterocycles. The molecule has 9 heavy (non-hydrogen) atoms. The van der Waals surface area contributed by atoms with Crippen molar-refractivity contribution in [2.24, 2.45) is 0 Å². The summed E-state index contributed by atoms with van der Waals surface area (Å²) in [4.78, 5) is 0. The SMILES string of the molecule is c1ccc2[se]ncc2c1. The Balaban J connectivity index is 2.95. The Morgan fingerprint density at radius 3 is 3.00 bits per heavy atom. The predicted molar refractivity (Wildman–Crippen MR) is 38.7 cm³/mol. The van der Waals surface area contributed by atoms with E-state index in [1.807, 2.05) is 12.3 Å². The standard InChI is InChI=1S/C7H5NSe/c1-2-4-7-6(3-1)5-8-9-7/h1-5H. The number of hydrogen-bond acceptors (Lipinski definition) is 1. The molecule has 0 amide bonds. The van der Waals surface area contributed by atoms with E-state index in [0.29, 0.717) is 14.7 Å². The van der Waals surface area contributed by atoms with Crippen LogP contribution in [0.4, 0.5) is 0 Å². The van der Waals surface area contributed by atoms with Gasteiger partial charge >= 0.3 is 58.8 Å². The van der Waals surface area contributed by atoms with Crippen LogP contribution in [0.5, 0.6) is 0 Å². The van der Waals surface area contributed by atoms with Crippen molar-refractivity contribution >= 4 is 24.4 Å². The van der Waals surface area contributed by atoms with E-state index in [1.54, 1.807) is 0 Å². The number of fused-ring (bicyclic) bond motifs is 1. The molecule has 0 aliphatic heterocycles. The van der Waals surface area contributed by atoms with Gasteiger partial charge in [0.05, 0.1) is 0 Å². The van der Waals surface area contributed by atoms with E-state index in [2.05, 4.69) is 22.2 Å².